The molecule has 1 aliphatic heterocycles. The minimum Gasteiger partial charge on any atom is -0.496 e. The molecule has 0 saturated carbocycles. The smallest absolute Gasteiger partial charge is 0.122 e. The summed E-state index contributed by atoms with van der Waals surface area (Å²) in [4.78, 5) is 2.49. The van der Waals surface area contributed by atoms with Crippen molar-refractivity contribution < 1.29 is 4.74 Å². The number of aryl methyl sites for hydroxylation is 1. The zero-order chi connectivity index (χ0) is 12.3. The highest BCUT2D eigenvalue weighted by atomic mass is 16.5. The Morgan fingerprint density at radius 1 is 1.47 bits per heavy atom. The second-order valence-corrected chi connectivity index (χ2v) is 4.89. The van der Waals surface area contributed by atoms with Gasteiger partial charge in [0.1, 0.15) is 5.75 Å². The Hall–Kier alpha value is -1.06. The standard InChI is InChI=1S/C14H22N2O/c1-11-4-5-13(8-14(11)17-3)10-16-7-6-15-12(2)9-16/h4-5,8,12,15H,6-7,9-10H2,1-3H3/t12-/m1/s1. The highest BCUT2D eigenvalue weighted by molar-refractivity contribution is 5.36. The summed E-state index contributed by atoms with van der Waals surface area (Å²) in [5.41, 5.74) is 2.53. The van der Waals surface area contributed by atoms with Crippen molar-refractivity contribution in [3.05, 3.63) is 29.3 Å². The predicted octanol–water partition coefficient (Wildman–Crippen LogP) is 1.80. The number of hydrogen-bond donors (Lipinski definition) is 1. The summed E-state index contributed by atoms with van der Waals surface area (Å²) in [6, 6.07) is 7.09. The maximum Gasteiger partial charge on any atom is 0.122 e. The molecular formula is C14H22N2O. The number of benzene rings is 1. The van der Waals surface area contributed by atoms with Crippen LogP contribution in [0.25, 0.3) is 0 Å². The molecular weight excluding hydrogens is 212 g/mol. The fraction of sp³-hybridized carbons (Fsp3) is 0.571. The van der Waals surface area contributed by atoms with Gasteiger partial charge in [0.2, 0.25) is 0 Å². The van der Waals surface area contributed by atoms with Crippen LogP contribution in [0.4, 0.5) is 0 Å². The lowest BCUT2D eigenvalue weighted by Crippen LogP contribution is -2.48. The van der Waals surface area contributed by atoms with Crippen LogP contribution in [0.2, 0.25) is 0 Å². The van der Waals surface area contributed by atoms with E-state index >= 15 is 0 Å². The summed E-state index contributed by atoms with van der Waals surface area (Å²) in [7, 11) is 1.74. The Morgan fingerprint density at radius 2 is 2.29 bits per heavy atom. The molecule has 0 bridgehead atoms. The molecule has 1 N–H and O–H groups in total. The number of hydrogen-bond acceptors (Lipinski definition) is 3. The van der Waals surface area contributed by atoms with E-state index in [0.29, 0.717) is 6.04 Å². The summed E-state index contributed by atoms with van der Waals surface area (Å²) < 4.78 is 5.37. The monoisotopic (exact) mass is 234 g/mol. The third-order valence-corrected chi connectivity index (χ3v) is 3.33. The summed E-state index contributed by atoms with van der Waals surface area (Å²) in [5.74, 6) is 0.991. The van der Waals surface area contributed by atoms with Gasteiger partial charge in [-0.2, -0.15) is 0 Å². The number of nitrogens with zero attached hydrogens (tertiary/aromatic N) is 1. The molecule has 1 fully saturated rings. The van der Waals surface area contributed by atoms with Crippen molar-refractivity contribution >= 4 is 0 Å². The van der Waals surface area contributed by atoms with Crippen molar-refractivity contribution in [3.8, 4) is 5.75 Å². The van der Waals surface area contributed by atoms with Gasteiger partial charge >= 0.3 is 0 Å². The Bertz CT molecular complexity index is 378. The van der Waals surface area contributed by atoms with Gasteiger partial charge in [-0.05, 0) is 31.0 Å². The van der Waals surface area contributed by atoms with Crippen LogP contribution in [0.3, 0.4) is 0 Å². The molecule has 1 heterocycles. The van der Waals surface area contributed by atoms with Crippen LogP contribution in [-0.4, -0.2) is 37.7 Å². The topological polar surface area (TPSA) is 24.5 Å². The second kappa shape index (κ2) is 5.52. The molecule has 3 heteroatoms. The Labute approximate surface area is 104 Å². The summed E-state index contributed by atoms with van der Waals surface area (Å²) in [6.45, 7) is 8.67. The second-order valence-electron chi connectivity index (χ2n) is 4.89. The van der Waals surface area contributed by atoms with Gasteiger partial charge in [0.15, 0.2) is 0 Å². The quantitative estimate of drug-likeness (QED) is 0.863. The Balaban J connectivity index is 2.02. The molecule has 17 heavy (non-hydrogen) atoms. The molecule has 1 saturated heterocycles. The maximum absolute atomic E-state index is 5.37. The van der Waals surface area contributed by atoms with Crippen LogP contribution in [0, 0.1) is 6.92 Å². The third kappa shape index (κ3) is 3.20. The van der Waals surface area contributed by atoms with E-state index in [-0.39, 0.29) is 0 Å². The summed E-state index contributed by atoms with van der Waals surface area (Å²) in [6.07, 6.45) is 0. The van der Waals surface area contributed by atoms with Crippen molar-refractivity contribution in [1.82, 2.24) is 10.2 Å². The zero-order valence-electron chi connectivity index (χ0n) is 11.0. The molecule has 1 aromatic rings. The van der Waals surface area contributed by atoms with E-state index in [9.17, 15) is 0 Å². The summed E-state index contributed by atoms with van der Waals surface area (Å²) >= 11 is 0. The zero-order valence-corrected chi connectivity index (χ0v) is 11.0. The molecule has 1 atom stereocenters. The number of ether oxygens (including phenoxy) is 1. The lowest BCUT2D eigenvalue weighted by molar-refractivity contribution is 0.199. The largest absolute Gasteiger partial charge is 0.496 e. The summed E-state index contributed by atoms with van der Waals surface area (Å²) in [5, 5.41) is 3.46. The van der Waals surface area contributed by atoms with Gasteiger partial charge in [0, 0.05) is 32.2 Å². The average Bonchev–Trinajstić information content (AvgIpc) is 2.32. The Kier molecular flexibility index (Phi) is 4.02. The van der Waals surface area contributed by atoms with Gasteiger partial charge in [-0.3, -0.25) is 4.90 Å². The molecule has 3 nitrogen and oxygen atoms in total. The van der Waals surface area contributed by atoms with Crippen LogP contribution in [-0.2, 0) is 6.54 Å². The van der Waals surface area contributed by atoms with Crippen molar-refractivity contribution in [3.63, 3.8) is 0 Å². The van der Waals surface area contributed by atoms with Crippen molar-refractivity contribution in [2.24, 2.45) is 0 Å². The highest BCUT2D eigenvalue weighted by Crippen LogP contribution is 2.20. The van der Waals surface area contributed by atoms with Crippen LogP contribution < -0.4 is 10.1 Å². The first-order valence-electron chi connectivity index (χ1n) is 6.28. The minimum absolute atomic E-state index is 0.594. The average molecular weight is 234 g/mol. The number of piperazine rings is 1. The van der Waals surface area contributed by atoms with Gasteiger partial charge in [0.25, 0.3) is 0 Å². The van der Waals surface area contributed by atoms with Crippen LogP contribution in [0.1, 0.15) is 18.1 Å². The van der Waals surface area contributed by atoms with Gasteiger partial charge in [-0.15, -0.1) is 0 Å². The van der Waals surface area contributed by atoms with Gasteiger partial charge in [-0.1, -0.05) is 12.1 Å². The minimum atomic E-state index is 0.594. The van der Waals surface area contributed by atoms with Crippen LogP contribution >= 0.6 is 0 Å². The lowest BCUT2D eigenvalue weighted by Gasteiger charge is -2.31. The number of nitrogens with one attached hydrogen (secondary N) is 1. The SMILES string of the molecule is COc1cc(CN2CCN[C@H](C)C2)ccc1C. The molecule has 0 radical (unpaired) electrons. The molecule has 0 unspecified atom stereocenters. The van der Waals surface area contributed by atoms with Gasteiger partial charge < -0.3 is 10.1 Å². The molecule has 0 spiro atoms. The molecule has 0 amide bonds. The van der Waals surface area contributed by atoms with E-state index in [1.807, 2.05) is 0 Å². The van der Waals surface area contributed by atoms with E-state index in [1.165, 1.54) is 11.1 Å². The first-order valence-corrected chi connectivity index (χ1v) is 6.28. The molecule has 1 aromatic carbocycles. The first-order chi connectivity index (χ1) is 8.19. The van der Waals surface area contributed by atoms with E-state index in [4.69, 9.17) is 4.74 Å². The highest BCUT2D eigenvalue weighted by Gasteiger charge is 2.15. The number of methoxy groups -OCH3 is 1. The molecule has 94 valence electrons. The molecule has 1 aliphatic rings. The predicted molar refractivity (Wildman–Crippen MR) is 70.5 cm³/mol. The maximum atomic E-state index is 5.37. The van der Waals surface area contributed by atoms with Crippen LogP contribution in [0.15, 0.2) is 18.2 Å². The van der Waals surface area contributed by atoms with E-state index in [1.54, 1.807) is 7.11 Å². The van der Waals surface area contributed by atoms with E-state index in [2.05, 4.69) is 42.3 Å². The van der Waals surface area contributed by atoms with Crippen molar-refractivity contribution in [2.45, 2.75) is 26.4 Å². The normalized spacial score (nSPS) is 21.5. The van der Waals surface area contributed by atoms with Gasteiger partial charge in [-0.25, -0.2) is 0 Å². The van der Waals surface area contributed by atoms with E-state index in [0.717, 1.165) is 31.9 Å². The number of rotatable bonds is 3. The van der Waals surface area contributed by atoms with Crippen LogP contribution in [0.5, 0.6) is 5.75 Å². The molecule has 2 rings (SSSR count). The fourth-order valence-electron chi connectivity index (χ4n) is 2.38. The third-order valence-electron chi connectivity index (χ3n) is 3.33. The Morgan fingerprint density at radius 3 is 3.00 bits per heavy atom. The first kappa shape index (κ1) is 12.4. The van der Waals surface area contributed by atoms with E-state index < -0.39 is 0 Å². The van der Waals surface area contributed by atoms with Crippen molar-refractivity contribution in [1.29, 1.82) is 0 Å². The molecule has 0 aliphatic carbocycles. The molecule has 0 aromatic heterocycles. The van der Waals surface area contributed by atoms with Gasteiger partial charge in [0.05, 0.1) is 7.11 Å². The fourth-order valence-corrected chi connectivity index (χ4v) is 2.38. The lowest BCUT2D eigenvalue weighted by atomic mass is 10.1. The van der Waals surface area contributed by atoms with Crippen molar-refractivity contribution in [2.75, 3.05) is 26.7 Å².